The highest BCUT2D eigenvalue weighted by molar-refractivity contribution is 5.92. The fourth-order valence-electron chi connectivity index (χ4n) is 3.68. The van der Waals surface area contributed by atoms with Gasteiger partial charge >= 0.3 is 0 Å². The van der Waals surface area contributed by atoms with Crippen LogP contribution in [0.25, 0.3) is 6.08 Å². The van der Waals surface area contributed by atoms with Gasteiger partial charge in [-0.15, -0.1) is 0 Å². The molecule has 0 saturated heterocycles. The first-order chi connectivity index (χ1) is 15.7. The van der Waals surface area contributed by atoms with Crippen molar-refractivity contribution in [3.8, 4) is 0 Å². The third kappa shape index (κ3) is 6.42. The van der Waals surface area contributed by atoms with Gasteiger partial charge < -0.3 is 9.47 Å². The normalized spacial score (nSPS) is 12.3. The van der Waals surface area contributed by atoms with Crippen LogP contribution in [-0.4, -0.2) is 26.3 Å². The summed E-state index contributed by atoms with van der Waals surface area (Å²) >= 11 is 0. The number of hydrogen-bond donors (Lipinski definition) is 0. The summed E-state index contributed by atoms with van der Waals surface area (Å²) in [5, 5.41) is 10.8. The molecule has 3 aromatic rings. The van der Waals surface area contributed by atoms with E-state index in [-0.39, 0.29) is 17.6 Å². The highest BCUT2D eigenvalue weighted by atomic mass is 16.6. The lowest BCUT2D eigenvalue weighted by Gasteiger charge is -2.31. The molecule has 1 unspecified atom stereocenters. The molecular weight excluding hydrogens is 414 g/mol. The molecule has 33 heavy (non-hydrogen) atoms. The van der Waals surface area contributed by atoms with Crippen molar-refractivity contribution in [3.63, 3.8) is 0 Å². The van der Waals surface area contributed by atoms with Crippen LogP contribution in [-0.2, 0) is 17.9 Å². The third-order valence-corrected chi connectivity index (χ3v) is 5.95. The molecule has 172 valence electrons. The summed E-state index contributed by atoms with van der Waals surface area (Å²) in [6, 6.07) is 18.7. The van der Waals surface area contributed by atoms with E-state index in [4.69, 9.17) is 0 Å². The van der Waals surface area contributed by atoms with E-state index in [1.165, 1.54) is 23.3 Å². The number of nitro benzene ring substituents is 1. The van der Waals surface area contributed by atoms with Gasteiger partial charge in [0.15, 0.2) is 0 Å². The summed E-state index contributed by atoms with van der Waals surface area (Å²) < 4.78 is 2.18. The summed E-state index contributed by atoms with van der Waals surface area (Å²) in [7, 11) is 0. The number of aromatic nitrogens is 1. The number of rotatable bonds is 9. The SMILES string of the molecule is Cc1cccc(Cn2cccc2CN(C(=O)C=Cc2ccc([N+](=O)[O-])cc2)C(C)C(C)C)c1. The zero-order valence-electron chi connectivity index (χ0n) is 19.6. The van der Waals surface area contributed by atoms with Crippen molar-refractivity contribution >= 4 is 17.7 Å². The molecule has 0 N–H and O–H groups in total. The Morgan fingerprint density at radius 2 is 1.82 bits per heavy atom. The van der Waals surface area contributed by atoms with Crippen LogP contribution in [0.2, 0.25) is 0 Å². The maximum atomic E-state index is 13.2. The first kappa shape index (κ1) is 24.0. The molecule has 0 bridgehead atoms. The monoisotopic (exact) mass is 445 g/mol. The Morgan fingerprint density at radius 3 is 2.45 bits per heavy atom. The molecule has 0 aliphatic rings. The molecule has 0 saturated carbocycles. The Kier molecular flexibility index (Phi) is 7.83. The van der Waals surface area contributed by atoms with Gasteiger partial charge in [-0.2, -0.15) is 0 Å². The molecule has 0 aliphatic heterocycles. The van der Waals surface area contributed by atoms with Crippen LogP contribution < -0.4 is 0 Å². The minimum Gasteiger partial charge on any atom is -0.345 e. The molecule has 2 aromatic carbocycles. The van der Waals surface area contributed by atoms with Crippen LogP contribution in [0.1, 0.15) is 43.2 Å². The fourth-order valence-corrected chi connectivity index (χ4v) is 3.68. The lowest BCUT2D eigenvalue weighted by Crippen LogP contribution is -2.40. The molecule has 0 aliphatic carbocycles. The van der Waals surface area contributed by atoms with Crippen molar-refractivity contribution in [1.29, 1.82) is 0 Å². The summed E-state index contributed by atoms with van der Waals surface area (Å²) in [5.41, 5.74) is 4.29. The number of nitrogens with zero attached hydrogens (tertiary/aromatic N) is 3. The van der Waals surface area contributed by atoms with Gasteiger partial charge in [-0.25, -0.2) is 0 Å². The summed E-state index contributed by atoms with van der Waals surface area (Å²) in [6.07, 6.45) is 5.30. The van der Waals surface area contributed by atoms with Crippen LogP contribution in [0.3, 0.4) is 0 Å². The Labute approximate surface area is 195 Å². The third-order valence-electron chi connectivity index (χ3n) is 5.95. The average molecular weight is 446 g/mol. The van der Waals surface area contributed by atoms with Gasteiger partial charge in [0.25, 0.3) is 5.69 Å². The van der Waals surface area contributed by atoms with Gasteiger partial charge in [0.1, 0.15) is 0 Å². The molecule has 1 aromatic heterocycles. The quantitative estimate of drug-likeness (QED) is 0.236. The largest absolute Gasteiger partial charge is 0.345 e. The zero-order valence-corrected chi connectivity index (χ0v) is 19.6. The van der Waals surface area contributed by atoms with Crippen LogP contribution in [0.15, 0.2) is 72.9 Å². The van der Waals surface area contributed by atoms with Crippen LogP contribution >= 0.6 is 0 Å². The predicted molar refractivity (Wildman–Crippen MR) is 132 cm³/mol. The molecule has 6 heteroatoms. The lowest BCUT2D eigenvalue weighted by atomic mass is 10.0. The second-order valence-corrected chi connectivity index (χ2v) is 8.75. The van der Waals surface area contributed by atoms with Crippen molar-refractivity contribution in [2.24, 2.45) is 5.92 Å². The highest BCUT2D eigenvalue weighted by Crippen LogP contribution is 2.18. The van der Waals surface area contributed by atoms with Gasteiger partial charge in [0.2, 0.25) is 5.91 Å². The molecule has 6 nitrogen and oxygen atoms in total. The van der Waals surface area contributed by atoms with Gasteiger partial charge in [0.05, 0.1) is 11.5 Å². The Morgan fingerprint density at radius 1 is 1.09 bits per heavy atom. The molecule has 3 rings (SSSR count). The van der Waals surface area contributed by atoms with Gasteiger partial charge in [-0.3, -0.25) is 14.9 Å². The number of nitro groups is 1. The first-order valence-corrected chi connectivity index (χ1v) is 11.2. The molecule has 0 spiro atoms. The van der Waals surface area contributed by atoms with Crippen molar-refractivity contribution in [2.45, 2.75) is 46.8 Å². The van der Waals surface area contributed by atoms with E-state index in [0.29, 0.717) is 12.5 Å². The van der Waals surface area contributed by atoms with Crippen molar-refractivity contribution in [1.82, 2.24) is 9.47 Å². The van der Waals surface area contributed by atoms with E-state index in [1.54, 1.807) is 24.3 Å². The summed E-state index contributed by atoms with van der Waals surface area (Å²) in [6.45, 7) is 9.62. The van der Waals surface area contributed by atoms with Gasteiger partial charge in [-0.05, 0) is 61.2 Å². The fraction of sp³-hybridized carbons (Fsp3) is 0.296. The molecule has 1 atom stereocenters. The van der Waals surface area contributed by atoms with E-state index >= 15 is 0 Å². The Hall–Kier alpha value is -3.67. The second-order valence-electron chi connectivity index (χ2n) is 8.75. The molecule has 1 heterocycles. The number of benzene rings is 2. The Balaban J connectivity index is 1.78. The van der Waals surface area contributed by atoms with Crippen LogP contribution in [0, 0.1) is 23.0 Å². The topological polar surface area (TPSA) is 68.4 Å². The number of non-ortho nitro benzene ring substituents is 1. The lowest BCUT2D eigenvalue weighted by molar-refractivity contribution is -0.384. The molecular formula is C27H31N3O3. The second kappa shape index (κ2) is 10.8. The zero-order chi connectivity index (χ0) is 24.0. The highest BCUT2D eigenvalue weighted by Gasteiger charge is 2.22. The maximum absolute atomic E-state index is 13.2. The average Bonchev–Trinajstić information content (AvgIpc) is 3.22. The number of carbonyl (C=O) groups is 1. The minimum atomic E-state index is -0.434. The molecule has 1 amide bonds. The number of aryl methyl sites for hydroxylation is 1. The Bertz CT molecular complexity index is 1130. The predicted octanol–water partition coefficient (Wildman–Crippen LogP) is 5.84. The minimum absolute atomic E-state index is 0.0305. The molecule has 0 radical (unpaired) electrons. The maximum Gasteiger partial charge on any atom is 0.269 e. The van der Waals surface area contributed by atoms with Crippen molar-refractivity contribution in [3.05, 3.63) is 105 Å². The van der Waals surface area contributed by atoms with Gasteiger partial charge in [0, 0.05) is 42.7 Å². The molecule has 0 fully saturated rings. The first-order valence-electron chi connectivity index (χ1n) is 11.2. The van der Waals surface area contributed by atoms with Gasteiger partial charge in [-0.1, -0.05) is 43.7 Å². The number of amides is 1. The van der Waals surface area contributed by atoms with E-state index in [9.17, 15) is 14.9 Å². The smallest absolute Gasteiger partial charge is 0.269 e. The van der Waals surface area contributed by atoms with Crippen molar-refractivity contribution in [2.75, 3.05) is 0 Å². The van der Waals surface area contributed by atoms with Crippen molar-refractivity contribution < 1.29 is 9.72 Å². The standard InChI is InChI=1S/C27H31N3O3/c1-20(2)22(4)29(27(31)15-12-23-10-13-25(14-11-23)30(32)33)19-26-9-6-16-28(26)18-24-8-5-7-21(3)17-24/h5-17,20,22H,18-19H2,1-4H3. The van der Waals surface area contributed by atoms with E-state index < -0.39 is 4.92 Å². The number of hydrogen-bond acceptors (Lipinski definition) is 3. The van der Waals surface area contributed by atoms with E-state index in [0.717, 1.165) is 17.8 Å². The summed E-state index contributed by atoms with van der Waals surface area (Å²) in [5.74, 6) is 0.208. The van der Waals surface area contributed by atoms with Crippen LogP contribution in [0.5, 0.6) is 0 Å². The summed E-state index contributed by atoms with van der Waals surface area (Å²) in [4.78, 5) is 25.5. The van der Waals surface area contributed by atoms with E-state index in [1.807, 2.05) is 17.2 Å². The number of carbonyl (C=O) groups excluding carboxylic acids is 1. The van der Waals surface area contributed by atoms with Crippen LogP contribution in [0.4, 0.5) is 5.69 Å². The van der Waals surface area contributed by atoms with E-state index in [2.05, 4.69) is 62.6 Å².